The van der Waals surface area contributed by atoms with Gasteiger partial charge in [0.1, 0.15) is 5.69 Å². The molecule has 2 aromatic rings. The van der Waals surface area contributed by atoms with Crippen LogP contribution in [0.5, 0.6) is 0 Å². The van der Waals surface area contributed by atoms with Crippen molar-refractivity contribution >= 4 is 35.3 Å². The lowest BCUT2D eigenvalue weighted by atomic mass is 10.1. The summed E-state index contributed by atoms with van der Waals surface area (Å²) >= 11 is 6.25. The molecule has 1 fully saturated rings. The summed E-state index contributed by atoms with van der Waals surface area (Å²) in [7, 11) is 0. The summed E-state index contributed by atoms with van der Waals surface area (Å²) in [5.74, 6) is -0.295. The van der Waals surface area contributed by atoms with Gasteiger partial charge in [0.2, 0.25) is 6.41 Å². The van der Waals surface area contributed by atoms with Crippen molar-refractivity contribution < 1.29 is 9.59 Å². The van der Waals surface area contributed by atoms with Crippen molar-refractivity contribution in [3.05, 3.63) is 52.3 Å². The molecule has 6 nitrogen and oxygen atoms in total. The molecule has 1 N–H and O–H groups in total. The number of nitrogens with zero attached hydrogens (tertiary/aromatic N) is 3. The van der Waals surface area contributed by atoms with Gasteiger partial charge in [-0.3, -0.25) is 9.59 Å². The van der Waals surface area contributed by atoms with Crippen LogP contribution in [0.4, 0.5) is 11.4 Å². The normalized spacial score (nSPS) is 14.3. The molecule has 0 bridgehead atoms. The van der Waals surface area contributed by atoms with Gasteiger partial charge in [-0.1, -0.05) is 17.7 Å². The summed E-state index contributed by atoms with van der Waals surface area (Å²) in [4.78, 5) is 31.4. The lowest BCUT2D eigenvalue weighted by Crippen LogP contribution is -2.45. The average Bonchev–Trinajstić information content (AvgIpc) is 2.64. The Bertz CT molecular complexity index is 792. The quantitative estimate of drug-likeness (QED) is 0.838. The number of aryl methyl sites for hydroxylation is 2. The van der Waals surface area contributed by atoms with Gasteiger partial charge in [0.15, 0.2) is 0 Å². The molecule has 1 aromatic carbocycles. The number of carbonyl (C=O) groups is 2. The molecule has 0 unspecified atom stereocenters. The van der Waals surface area contributed by atoms with Crippen LogP contribution in [0.15, 0.2) is 30.5 Å². The fraction of sp³-hybridized carbons (Fsp3) is 0.316. The van der Waals surface area contributed by atoms with Gasteiger partial charge in [0.25, 0.3) is 5.91 Å². The third kappa shape index (κ3) is 3.96. The first-order valence-corrected chi connectivity index (χ1v) is 8.84. The van der Waals surface area contributed by atoms with Crippen molar-refractivity contribution in [1.82, 2.24) is 9.88 Å². The monoisotopic (exact) mass is 372 g/mol. The van der Waals surface area contributed by atoms with Gasteiger partial charge in [0.05, 0.1) is 22.6 Å². The Kier molecular flexibility index (Phi) is 5.42. The smallest absolute Gasteiger partial charge is 0.274 e. The minimum atomic E-state index is -0.295. The first-order valence-electron chi connectivity index (χ1n) is 8.46. The molecule has 0 spiro atoms. The average molecular weight is 373 g/mol. The largest absolute Gasteiger partial charge is 0.367 e. The maximum atomic E-state index is 12.5. The highest BCUT2D eigenvalue weighted by atomic mass is 35.5. The summed E-state index contributed by atoms with van der Waals surface area (Å²) in [6.45, 7) is 6.76. The van der Waals surface area contributed by atoms with Crippen LogP contribution in [-0.4, -0.2) is 48.4 Å². The van der Waals surface area contributed by atoms with E-state index >= 15 is 0 Å². The number of nitrogens with one attached hydrogen (secondary N) is 1. The van der Waals surface area contributed by atoms with Gasteiger partial charge in [-0.05, 0) is 43.2 Å². The minimum Gasteiger partial charge on any atom is -0.367 e. The van der Waals surface area contributed by atoms with E-state index in [1.807, 2.05) is 32.0 Å². The summed E-state index contributed by atoms with van der Waals surface area (Å²) in [5.41, 5.74) is 3.83. The maximum absolute atomic E-state index is 12.5. The Morgan fingerprint density at radius 1 is 1.19 bits per heavy atom. The van der Waals surface area contributed by atoms with E-state index in [0.717, 1.165) is 36.3 Å². The van der Waals surface area contributed by atoms with Crippen LogP contribution < -0.4 is 10.2 Å². The fourth-order valence-electron chi connectivity index (χ4n) is 3.04. The van der Waals surface area contributed by atoms with E-state index in [0.29, 0.717) is 29.5 Å². The fourth-order valence-corrected chi connectivity index (χ4v) is 3.41. The van der Waals surface area contributed by atoms with E-state index in [2.05, 4.69) is 15.2 Å². The molecule has 0 aliphatic carbocycles. The number of anilines is 2. The molecular weight excluding hydrogens is 352 g/mol. The van der Waals surface area contributed by atoms with Crippen LogP contribution in [0.1, 0.15) is 21.6 Å². The number of amides is 2. The molecule has 1 saturated heterocycles. The number of benzene rings is 1. The van der Waals surface area contributed by atoms with Crippen LogP contribution >= 0.6 is 11.6 Å². The predicted octanol–water partition coefficient (Wildman–Crippen LogP) is 2.88. The van der Waals surface area contributed by atoms with E-state index < -0.39 is 0 Å². The number of aromatic nitrogens is 1. The van der Waals surface area contributed by atoms with Gasteiger partial charge >= 0.3 is 0 Å². The number of hydrogen-bond acceptors (Lipinski definition) is 4. The molecule has 7 heteroatoms. The Labute approximate surface area is 157 Å². The standard InChI is InChI=1S/C19H21ClN4O2/c1-13-9-14(2)18(16(20)10-13)22-19(26)17-4-3-15(11-21-17)24-7-5-23(12-25)6-8-24/h3-4,9-12H,5-8H2,1-2H3,(H,22,26). The Morgan fingerprint density at radius 3 is 2.50 bits per heavy atom. The van der Waals surface area contributed by atoms with Crippen molar-refractivity contribution in [1.29, 1.82) is 0 Å². The molecule has 136 valence electrons. The Balaban J connectivity index is 1.69. The van der Waals surface area contributed by atoms with E-state index in [1.54, 1.807) is 17.2 Å². The molecule has 0 radical (unpaired) electrons. The molecule has 0 saturated carbocycles. The number of pyridine rings is 1. The van der Waals surface area contributed by atoms with Gasteiger partial charge in [-0.15, -0.1) is 0 Å². The second-order valence-corrected chi connectivity index (χ2v) is 6.83. The van der Waals surface area contributed by atoms with Crippen molar-refractivity contribution in [2.24, 2.45) is 0 Å². The SMILES string of the molecule is Cc1cc(C)c(NC(=O)c2ccc(N3CCN(C=O)CC3)cn2)c(Cl)c1. The second kappa shape index (κ2) is 7.74. The second-order valence-electron chi connectivity index (χ2n) is 6.42. The first kappa shape index (κ1) is 18.2. The van der Waals surface area contributed by atoms with E-state index in [4.69, 9.17) is 11.6 Å². The first-order chi connectivity index (χ1) is 12.5. The molecule has 2 amide bonds. The zero-order valence-corrected chi connectivity index (χ0v) is 15.6. The summed E-state index contributed by atoms with van der Waals surface area (Å²) in [6.07, 6.45) is 2.57. The zero-order chi connectivity index (χ0) is 18.7. The highest BCUT2D eigenvalue weighted by molar-refractivity contribution is 6.34. The van der Waals surface area contributed by atoms with Gasteiger partial charge in [-0.2, -0.15) is 0 Å². The predicted molar refractivity (Wildman–Crippen MR) is 103 cm³/mol. The number of piperazine rings is 1. The molecule has 3 rings (SSSR count). The number of rotatable bonds is 4. The summed E-state index contributed by atoms with van der Waals surface area (Å²) in [6, 6.07) is 7.37. The van der Waals surface area contributed by atoms with Gasteiger partial charge in [-0.25, -0.2) is 4.98 Å². The molecule has 2 heterocycles. The van der Waals surface area contributed by atoms with Crippen molar-refractivity contribution in [2.45, 2.75) is 13.8 Å². The van der Waals surface area contributed by atoms with E-state index in [1.165, 1.54) is 0 Å². The maximum Gasteiger partial charge on any atom is 0.274 e. The Hall–Kier alpha value is -2.60. The number of carbonyl (C=O) groups excluding carboxylic acids is 2. The van der Waals surface area contributed by atoms with Crippen LogP contribution in [0, 0.1) is 13.8 Å². The topological polar surface area (TPSA) is 65.5 Å². The lowest BCUT2D eigenvalue weighted by molar-refractivity contribution is -0.118. The molecule has 26 heavy (non-hydrogen) atoms. The molecular formula is C19H21ClN4O2. The van der Waals surface area contributed by atoms with Crippen LogP contribution in [0.2, 0.25) is 5.02 Å². The third-order valence-electron chi connectivity index (χ3n) is 4.48. The third-order valence-corrected chi connectivity index (χ3v) is 4.78. The van der Waals surface area contributed by atoms with E-state index in [9.17, 15) is 9.59 Å². The number of hydrogen-bond donors (Lipinski definition) is 1. The highest BCUT2D eigenvalue weighted by Gasteiger charge is 2.17. The van der Waals surface area contributed by atoms with Crippen molar-refractivity contribution in [2.75, 3.05) is 36.4 Å². The molecule has 1 aromatic heterocycles. The molecule has 0 atom stereocenters. The van der Waals surface area contributed by atoms with E-state index in [-0.39, 0.29) is 5.91 Å². The number of halogens is 1. The van der Waals surface area contributed by atoms with Gasteiger partial charge in [0, 0.05) is 26.2 Å². The molecule has 1 aliphatic heterocycles. The highest BCUT2D eigenvalue weighted by Crippen LogP contribution is 2.27. The zero-order valence-electron chi connectivity index (χ0n) is 14.8. The summed E-state index contributed by atoms with van der Waals surface area (Å²) in [5, 5.41) is 3.36. The van der Waals surface area contributed by atoms with Crippen LogP contribution in [0.25, 0.3) is 0 Å². The summed E-state index contributed by atoms with van der Waals surface area (Å²) < 4.78 is 0. The Morgan fingerprint density at radius 2 is 1.92 bits per heavy atom. The minimum absolute atomic E-state index is 0.295. The molecule has 1 aliphatic rings. The van der Waals surface area contributed by atoms with Crippen LogP contribution in [0.3, 0.4) is 0 Å². The van der Waals surface area contributed by atoms with Crippen molar-refractivity contribution in [3.8, 4) is 0 Å². The lowest BCUT2D eigenvalue weighted by Gasteiger charge is -2.33. The van der Waals surface area contributed by atoms with Crippen molar-refractivity contribution in [3.63, 3.8) is 0 Å². The van der Waals surface area contributed by atoms with Crippen LogP contribution in [-0.2, 0) is 4.79 Å². The van der Waals surface area contributed by atoms with Gasteiger partial charge < -0.3 is 15.1 Å².